The van der Waals surface area contributed by atoms with Crippen LogP contribution in [0.2, 0.25) is 0 Å². The highest BCUT2D eigenvalue weighted by atomic mass is 32.2. The Morgan fingerprint density at radius 3 is 2.88 bits per heavy atom. The third-order valence-corrected chi connectivity index (χ3v) is 4.01. The molecule has 0 spiro atoms. The largest absolute Gasteiger partial charge is 0.398 e. The van der Waals surface area contributed by atoms with Gasteiger partial charge in [-0.3, -0.25) is 4.98 Å². The molecule has 1 aromatic heterocycles. The van der Waals surface area contributed by atoms with Crippen molar-refractivity contribution >= 4 is 28.4 Å². The van der Waals surface area contributed by atoms with Crippen LogP contribution in [0.5, 0.6) is 0 Å². The van der Waals surface area contributed by atoms with Crippen LogP contribution < -0.4 is 5.73 Å². The molecule has 0 unspecified atom stereocenters. The molecule has 0 atom stereocenters. The third kappa shape index (κ3) is 2.91. The van der Waals surface area contributed by atoms with E-state index in [1.165, 1.54) is 11.3 Å². The van der Waals surface area contributed by atoms with E-state index in [2.05, 4.69) is 24.9 Å². The molecular weight excluding hydrogens is 228 g/mol. The van der Waals surface area contributed by atoms with Crippen LogP contribution in [-0.4, -0.2) is 10.7 Å². The highest BCUT2D eigenvalue weighted by Crippen LogP contribution is 2.26. The molecule has 17 heavy (non-hydrogen) atoms. The summed E-state index contributed by atoms with van der Waals surface area (Å²) in [7, 11) is 0. The smallest absolute Gasteiger partial charge is 0.0763 e. The van der Waals surface area contributed by atoms with E-state index in [9.17, 15) is 0 Å². The van der Waals surface area contributed by atoms with Crippen molar-refractivity contribution in [3.05, 3.63) is 36.0 Å². The number of nitrogens with zero attached hydrogens (tertiary/aromatic N) is 1. The van der Waals surface area contributed by atoms with Crippen LogP contribution in [0.3, 0.4) is 0 Å². The number of nitrogen functional groups attached to an aromatic ring is 1. The molecule has 2 nitrogen and oxygen atoms in total. The fourth-order valence-electron chi connectivity index (χ4n) is 1.77. The summed E-state index contributed by atoms with van der Waals surface area (Å²) in [6.45, 7) is 4.48. The summed E-state index contributed by atoms with van der Waals surface area (Å²) in [6.07, 6.45) is 1.83. The molecule has 0 saturated carbocycles. The van der Waals surface area contributed by atoms with Crippen LogP contribution in [-0.2, 0) is 5.75 Å². The number of hydrogen-bond donors (Lipinski definition) is 1. The van der Waals surface area contributed by atoms with Gasteiger partial charge < -0.3 is 5.73 Å². The van der Waals surface area contributed by atoms with Crippen molar-refractivity contribution in [2.45, 2.75) is 19.6 Å². The average Bonchev–Trinajstić information content (AvgIpc) is 2.32. The van der Waals surface area contributed by atoms with Crippen molar-refractivity contribution in [3.8, 4) is 0 Å². The summed E-state index contributed by atoms with van der Waals surface area (Å²) in [6, 6.07) is 8.05. The number of hydrogen-bond acceptors (Lipinski definition) is 3. The van der Waals surface area contributed by atoms with Crippen LogP contribution >= 0.6 is 11.8 Å². The summed E-state index contributed by atoms with van der Waals surface area (Å²) in [5.74, 6) is 2.91. The van der Waals surface area contributed by atoms with Gasteiger partial charge in [-0.15, -0.1) is 0 Å². The minimum absolute atomic E-state index is 0.730. The topological polar surface area (TPSA) is 38.9 Å². The monoisotopic (exact) mass is 246 g/mol. The maximum Gasteiger partial charge on any atom is 0.0763 e. The van der Waals surface area contributed by atoms with Crippen molar-refractivity contribution in [2.75, 3.05) is 11.5 Å². The van der Waals surface area contributed by atoms with Crippen molar-refractivity contribution in [1.82, 2.24) is 4.98 Å². The van der Waals surface area contributed by atoms with Crippen molar-refractivity contribution in [3.63, 3.8) is 0 Å². The van der Waals surface area contributed by atoms with Gasteiger partial charge in [0.2, 0.25) is 0 Å². The van der Waals surface area contributed by atoms with Gasteiger partial charge in [0.05, 0.1) is 5.52 Å². The van der Waals surface area contributed by atoms with Gasteiger partial charge in [0.15, 0.2) is 0 Å². The summed E-state index contributed by atoms with van der Waals surface area (Å²) >= 11 is 1.95. The molecule has 0 aliphatic carbocycles. The second-order valence-corrected chi connectivity index (χ2v) is 5.65. The summed E-state index contributed by atoms with van der Waals surface area (Å²) in [5.41, 5.74) is 9.09. The Bertz CT molecular complexity index is 509. The molecule has 2 N–H and O–H groups in total. The van der Waals surface area contributed by atoms with Crippen molar-refractivity contribution in [2.24, 2.45) is 5.92 Å². The molecule has 0 aliphatic heterocycles. The zero-order valence-electron chi connectivity index (χ0n) is 10.3. The molecule has 0 aliphatic rings. The van der Waals surface area contributed by atoms with Gasteiger partial charge in [-0.05, 0) is 35.4 Å². The van der Waals surface area contributed by atoms with E-state index in [0.717, 1.165) is 28.3 Å². The first-order chi connectivity index (χ1) is 8.18. The van der Waals surface area contributed by atoms with Gasteiger partial charge in [0, 0.05) is 23.0 Å². The van der Waals surface area contributed by atoms with Gasteiger partial charge in [-0.1, -0.05) is 19.9 Å². The predicted octanol–water partition coefficient (Wildman–Crippen LogP) is 3.71. The maximum absolute atomic E-state index is 5.96. The van der Waals surface area contributed by atoms with E-state index >= 15 is 0 Å². The Morgan fingerprint density at radius 1 is 1.29 bits per heavy atom. The molecule has 2 rings (SSSR count). The van der Waals surface area contributed by atoms with Crippen LogP contribution in [0.1, 0.15) is 19.4 Å². The van der Waals surface area contributed by atoms with Crippen LogP contribution in [0, 0.1) is 5.92 Å². The van der Waals surface area contributed by atoms with Gasteiger partial charge >= 0.3 is 0 Å². The SMILES string of the molecule is CC(C)CSCc1ccc(N)c2cccnc12. The van der Waals surface area contributed by atoms with Gasteiger partial charge in [-0.25, -0.2) is 0 Å². The fraction of sp³-hybridized carbons (Fsp3) is 0.357. The number of thioether (sulfide) groups is 1. The zero-order chi connectivity index (χ0) is 12.3. The lowest BCUT2D eigenvalue weighted by atomic mass is 10.1. The van der Waals surface area contributed by atoms with Gasteiger partial charge in [-0.2, -0.15) is 11.8 Å². The minimum Gasteiger partial charge on any atom is -0.398 e. The molecule has 3 heteroatoms. The molecular formula is C14H18N2S. The lowest BCUT2D eigenvalue weighted by Crippen LogP contribution is -1.95. The number of nitrogens with two attached hydrogens (primary N) is 1. The first-order valence-electron chi connectivity index (χ1n) is 5.88. The molecule has 1 aromatic carbocycles. The maximum atomic E-state index is 5.96. The molecule has 0 saturated heterocycles. The number of pyridine rings is 1. The first kappa shape index (κ1) is 12.2. The van der Waals surface area contributed by atoms with Gasteiger partial charge in [0.1, 0.15) is 0 Å². The Hall–Kier alpha value is -1.22. The fourth-order valence-corrected chi connectivity index (χ4v) is 2.82. The summed E-state index contributed by atoms with van der Waals surface area (Å²) in [5, 5.41) is 1.06. The minimum atomic E-state index is 0.730. The third-order valence-electron chi connectivity index (χ3n) is 2.60. The lowest BCUT2D eigenvalue weighted by molar-refractivity contribution is 0.750. The highest BCUT2D eigenvalue weighted by Gasteiger charge is 2.05. The second kappa shape index (κ2) is 5.41. The number of benzene rings is 1. The number of aromatic nitrogens is 1. The molecule has 0 bridgehead atoms. The molecule has 2 aromatic rings. The standard InChI is InChI=1S/C14H18N2S/c1-10(2)8-17-9-11-5-6-13(15)12-4-3-7-16-14(11)12/h3-7,10H,8-9,15H2,1-2H3. The highest BCUT2D eigenvalue weighted by molar-refractivity contribution is 7.98. The normalized spacial score (nSPS) is 11.2. The molecule has 0 radical (unpaired) electrons. The van der Waals surface area contributed by atoms with Gasteiger partial charge in [0.25, 0.3) is 0 Å². The zero-order valence-corrected chi connectivity index (χ0v) is 11.1. The van der Waals surface area contributed by atoms with Crippen molar-refractivity contribution in [1.29, 1.82) is 0 Å². The Labute approximate surface area is 107 Å². The van der Waals surface area contributed by atoms with E-state index in [-0.39, 0.29) is 0 Å². The number of rotatable bonds is 4. The van der Waals surface area contributed by atoms with Crippen LogP contribution in [0.25, 0.3) is 10.9 Å². The predicted molar refractivity (Wildman–Crippen MR) is 77.2 cm³/mol. The van der Waals surface area contributed by atoms with Crippen LogP contribution in [0.15, 0.2) is 30.5 Å². The number of anilines is 1. The van der Waals surface area contributed by atoms with E-state index in [1.54, 1.807) is 0 Å². The Morgan fingerprint density at radius 2 is 2.12 bits per heavy atom. The Kier molecular flexibility index (Phi) is 3.89. The van der Waals surface area contributed by atoms with E-state index < -0.39 is 0 Å². The molecule has 90 valence electrons. The second-order valence-electron chi connectivity index (χ2n) is 4.62. The first-order valence-corrected chi connectivity index (χ1v) is 7.04. The molecule has 0 fully saturated rings. The van der Waals surface area contributed by atoms with E-state index in [1.807, 2.05) is 36.2 Å². The van der Waals surface area contributed by atoms with E-state index in [0.29, 0.717) is 0 Å². The average molecular weight is 246 g/mol. The summed E-state index contributed by atoms with van der Waals surface area (Å²) in [4.78, 5) is 4.45. The Balaban J connectivity index is 2.26. The molecule has 0 amide bonds. The quantitative estimate of drug-likeness (QED) is 0.836. The van der Waals surface area contributed by atoms with E-state index in [4.69, 9.17) is 5.73 Å². The number of fused-ring (bicyclic) bond motifs is 1. The lowest BCUT2D eigenvalue weighted by Gasteiger charge is -2.08. The molecule has 1 heterocycles. The van der Waals surface area contributed by atoms with Crippen LogP contribution in [0.4, 0.5) is 5.69 Å². The summed E-state index contributed by atoms with van der Waals surface area (Å²) < 4.78 is 0. The van der Waals surface area contributed by atoms with Crippen molar-refractivity contribution < 1.29 is 0 Å².